The lowest BCUT2D eigenvalue weighted by atomic mass is 9.97. The number of halogens is 1. The van der Waals surface area contributed by atoms with Crippen LogP contribution in [-0.2, 0) is 17.9 Å². The van der Waals surface area contributed by atoms with Crippen LogP contribution < -0.4 is 5.32 Å². The predicted octanol–water partition coefficient (Wildman–Crippen LogP) is 5.00. The van der Waals surface area contributed by atoms with E-state index in [9.17, 15) is 9.18 Å². The molecule has 1 aliphatic rings. The Morgan fingerprint density at radius 2 is 1.82 bits per heavy atom. The van der Waals surface area contributed by atoms with Crippen LogP contribution in [0.1, 0.15) is 29.8 Å². The number of amides is 1. The Bertz CT molecular complexity index is 1300. The van der Waals surface area contributed by atoms with Crippen LogP contribution in [0, 0.1) is 18.7 Å². The topological polar surface area (TPSA) is 50.2 Å². The summed E-state index contributed by atoms with van der Waals surface area (Å²) in [6.07, 6.45) is 1.86. The molecule has 6 heteroatoms. The summed E-state index contributed by atoms with van der Waals surface area (Å²) < 4.78 is 15.7. The number of piperidine rings is 1. The van der Waals surface area contributed by atoms with E-state index in [1.165, 1.54) is 17.7 Å². The molecular weight excluding hydrogens is 427 g/mol. The summed E-state index contributed by atoms with van der Waals surface area (Å²) in [4.78, 5) is 20.1. The number of hydrogen-bond acceptors (Lipinski definition) is 3. The second-order valence-corrected chi connectivity index (χ2v) is 9.05. The number of likely N-dealkylation sites (tertiary alicyclic amines) is 1. The molecular formula is C28H29FN4O. The molecule has 1 saturated heterocycles. The van der Waals surface area contributed by atoms with Crippen molar-refractivity contribution in [3.63, 3.8) is 0 Å². The number of nitrogens with zero attached hydrogens (tertiary/aromatic N) is 3. The number of nitrogens with one attached hydrogen (secondary N) is 1. The maximum Gasteiger partial charge on any atom is 0.224 e. The van der Waals surface area contributed by atoms with Crippen LogP contribution in [0.5, 0.6) is 0 Å². The van der Waals surface area contributed by atoms with E-state index >= 15 is 0 Å². The van der Waals surface area contributed by atoms with Crippen molar-refractivity contribution >= 4 is 16.9 Å². The van der Waals surface area contributed by atoms with E-state index in [1.54, 1.807) is 12.1 Å². The molecule has 1 fully saturated rings. The van der Waals surface area contributed by atoms with Crippen molar-refractivity contribution in [2.45, 2.75) is 32.9 Å². The third-order valence-electron chi connectivity index (χ3n) is 6.67. The van der Waals surface area contributed by atoms with E-state index in [0.717, 1.165) is 47.5 Å². The summed E-state index contributed by atoms with van der Waals surface area (Å²) in [6, 6.07) is 22.7. The Morgan fingerprint density at radius 1 is 1.06 bits per heavy atom. The molecule has 4 aromatic rings. The van der Waals surface area contributed by atoms with Crippen molar-refractivity contribution in [1.29, 1.82) is 0 Å². The van der Waals surface area contributed by atoms with Gasteiger partial charge >= 0.3 is 0 Å². The van der Waals surface area contributed by atoms with Gasteiger partial charge in [0.05, 0.1) is 23.5 Å². The van der Waals surface area contributed by atoms with Gasteiger partial charge in [-0.2, -0.15) is 0 Å². The van der Waals surface area contributed by atoms with Crippen LogP contribution in [0.3, 0.4) is 0 Å². The fourth-order valence-corrected chi connectivity index (χ4v) is 4.81. The quantitative estimate of drug-likeness (QED) is 0.444. The zero-order chi connectivity index (χ0) is 23.5. The van der Waals surface area contributed by atoms with Crippen LogP contribution in [0.2, 0.25) is 0 Å². The lowest BCUT2D eigenvalue weighted by molar-refractivity contribution is -0.127. The maximum absolute atomic E-state index is 13.6. The van der Waals surface area contributed by atoms with E-state index < -0.39 is 0 Å². The van der Waals surface area contributed by atoms with Crippen molar-refractivity contribution in [1.82, 2.24) is 19.8 Å². The molecule has 0 aliphatic carbocycles. The zero-order valence-electron chi connectivity index (χ0n) is 19.4. The number of rotatable bonds is 6. The molecule has 1 amide bonds. The van der Waals surface area contributed by atoms with Gasteiger partial charge < -0.3 is 5.32 Å². The fourth-order valence-electron chi connectivity index (χ4n) is 4.81. The Hall–Kier alpha value is -3.51. The average molecular weight is 457 g/mol. The number of aromatic nitrogens is 2. The third-order valence-corrected chi connectivity index (χ3v) is 6.67. The Labute approximate surface area is 199 Å². The molecule has 5 nitrogen and oxygen atoms in total. The van der Waals surface area contributed by atoms with Crippen molar-refractivity contribution < 1.29 is 9.18 Å². The number of fused-ring (bicyclic) bond motifs is 1. The molecule has 1 atom stereocenters. The lowest BCUT2D eigenvalue weighted by Gasteiger charge is -2.31. The van der Waals surface area contributed by atoms with Crippen LogP contribution in [0.4, 0.5) is 4.39 Å². The molecule has 5 rings (SSSR count). The smallest absolute Gasteiger partial charge is 0.224 e. The summed E-state index contributed by atoms with van der Waals surface area (Å²) in [5.74, 6) is 0.709. The van der Waals surface area contributed by atoms with Gasteiger partial charge in [-0.3, -0.25) is 14.3 Å². The number of imidazole rings is 1. The number of carbonyl (C=O) groups excluding carboxylic acids is 1. The van der Waals surface area contributed by atoms with Gasteiger partial charge in [-0.05, 0) is 73.8 Å². The number of hydrogen-bond donors (Lipinski definition) is 1. The van der Waals surface area contributed by atoms with Gasteiger partial charge in [-0.1, -0.05) is 36.4 Å². The molecule has 34 heavy (non-hydrogen) atoms. The SMILES string of the molecule is Cc1ccccc1CNC(=O)[C@@H]1CCCN(Cc2nc3ccccc3n2-c2ccc(F)cc2)C1. The highest BCUT2D eigenvalue weighted by molar-refractivity contribution is 5.79. The summed E-state index contributed by atoms with van der Waals surface area (Å²) in [5.41, 5.74) is 5.12. The second-order valence-electron chi connectivity index (χ2n) is 9.05. The standard InChI is InChI=1S/C28H29FN4O/c1-20-7-2-3-8-21(20)17-30-28(34)22-9-6-16-32(18-22)19-27-31-25-10-4-5-11-26(25)33(27)24-14-12-23(29)13-15-24/h2-5,7-8,10-15,22H,6,9,16-19H2,1H3,(H,30,34)/t22-/m1/s1. The molecule has 1 aliphatic heterocycles. The molecule has 0 unspecified atom stereocenters. The van der Waals surface area contributed by atoms with Gasteiger partial charge in [0.2, 0.25) is 5.91 Å². The highest BCUT2D eigenvalue weighted by atomic mass is 19.1. The summed E-state index contributed by atoms with van der Waals surface area (Å²) >= 11 is 0. The minimum Gasteiger partial charge on any atom is -0.352 e. The van der Waals surface area contributed by atoms with Gasteiger partial charge in [0.15, 0.2) is 0 Å². The minimum absolute atomic E-state index is 0.0404. The number of carbonyl (C=O) groups is 1. The van der Waals surface area contributed by atoms with Gasteiger partial charge in [0.25, 0.3) is 0 Å². The van der Waals surface area contributed by atoms with E-state index in [2.05, 4.69) is 33.8 Å². The summed E-state index contributed by atoms with van der Waals surface area (Å²) in [6.45, 7) is 4.88. The molecule has 174 valence electrons. The average Bonchev–Trinajstić information content (AvgIpc) is 3.22. The molecule has 1 aromatic heterocycles. The Balaban J connectivity index is 1.32. The first-order valence-electron chi connectivity index (χ1n) is 11.9. The lowest BCUT2D eigenvalue weighted by Crippen LogP contribution is -2.42. The Morgan fingerprint density at radius 3 is 2.65 bits per heavy atom. The fraction of sp³-hybridized carbons (Fsp3) is 0.286. The number of para-hydroxylation sites is 2. The first-order chi connectivity index (χ1) is 16.6. The predicted molar refractivity (Wildman–Crippen MR) is 132 cm³/mol. The van der Waals surface area contributed by atoms with Crippen LogP contribution in [-0.4, -0.2) is 33.4 Å². The monoisotopic (exact) mass is 456 g/mol. The highest BCUT2D eigenvalue weighted by Gasteiger charge is 2.27. The summed E-state index contributed by atoms with van der Waals surface area (Å²) in [5, 5.41) is 3.14. The van der Waals surface area contributed by atoms with Crippen molar-refractivity contribution in [3.05, 3.63) is 95.6 Å². The first kappa shape index (κ1) is 22.3. The van der Waals surface area contributed by atoms with E-state index in [4.69, 9.17) is 4.98 Å². The number of benzene rings is 3. The van der Waals surface area contributed by atoms with Gasteiger partial charge in [0.1, 0.15) is 11.6 Å². The van der Waals surface area contributed by atoms with Crippen molar-refractivity contribution in [2.75, 3.05) is 13.1 Å². The Kier molecular flexibility index (Phi) is 6.41. The molecule has 1 N–H and O–H groups in total. The van der Waals surface area contributed by atoms with Crippen molar-refractivity contribution in [2.24, 2.45) is 5.92 Å². The van der Waals surface area contributed by atoms with Crippen molar-refractivity contribution in [3.8, 4) is 5.69 Å². The van der Waals surface area contributed by atoms with Crippen LogP contribution in [0.25, 0.3) is 16.7 Å². The van der Waals surface area contributed by atoms with Gasteiger partial charge in [0, 0.05) is 18.8 Å². The van der Waals surface area contributed by atoms with Crippen LogP contribution in [0.15, 0.2) is 72.8 Å². The van der Waals surface area contributed by atoms with E-state index in [-0.39, 0.29) is 17.6 Å². The minimum atomic E-state index is -0.259. The molecule has 0 radical (unpaired) electrons. The highest BCUT2D eigenvalue weighted by Crippen LogP contribution is 2.25. The summed E-state index contributed by atoms with van der Waals surface area (Å²) in [7, 11) is 0. The van der Waals surface area contributed by atoms with Gasteiger partial charge in [-0.25, -0.2) is 9.37 Å². The zero-order valence-corrected chi connectivity index (χ0v) is 19.4. The third kappa shape index (κ3) is 4.73. The molecule has 3 aromatic carbocycles. The molecule has 0 saturated carbocycles. The number of aryl methyl sites for hydroxylation is 1. The first-order valence-corrected chi connectivity index (χ1v) is 11.9. The largest absolute Gasteiger partial charge is 0.352 e. The normalized spacial score (nSPS) is 16.6. The maximum atomic E-state index is 13.6. The molecule has 2 heterocycles. The van der Waals surface area contributed by atoms with E-state index in [1.807, 2.05) is 36.4 Å². The molecule has 0 bridgehead atoms. The van der Waals surface area contributed by atoms with Gasteiger partial charge in [-0.15, -0.1) is 0 Å². The van der Waals surface area contributed by atoms with E-state index in [0.29, 0.717) is 19.6 Å². The molecule has 0 spiro atoms. The second kappa shape index (κ2) is 9.77. The van der Waals surface area contributed by atoms with Crippen LogP contribution >= 0.6 is 0 Å².